The van der Waals surface area contributed by atoms with E-state index in [1.165, 1.54) is 4.90 Å². The monoisotopic (exact) mass is 331 g/mol. The summed E-state index contributed by atoms with van der Waals surface area (Å²) in [6.45, 7) is 0. The van der Waals surface area contributed by atoms with Gasteiger partial charge in [0.1, 0.15) is 0 Å². The summed E-state index contributed by atoms with van der Waals surface area (Å²) >= 11 is 0. The number of H-pyrrole nitrogens is 1. The number of fused-ring (bicyclic) bond motifs is 3. The first-order chi connectivity index (χ1) is 12.1. The number of amides is 1. The third-order valence-corrected chi connectivity index (χ3v) is 4.32. The summed E-state index contributed by atoms with van der Waals surface area (Å²) in [5.74, 6) is -0.0656. The zero-order valence-electron chi connectivity index (χ0n) is 14.0. The second-order valence-electron chi connectivity index (χ2n) is 6.19. The Morgan fingerprint density at radius 1 is 0.920 bits per heavy atom. The highest BCUT2D eigenvalue weighted by Crippen LogP contribution is 2.26. The number of hydrogen-bond donors (Lipinski definition) is 1. The predicted octanol–water partition coefficient (Wildman–Crippen LogP) is 3.17. The highest BCUT2D eigenvalue weighted by atomic mass is 16.2. The molecule has 0 unspecified atom stereocenters. The van der Waals surface area contributed by atoms with Gasteiger partial charge in [0.15, 0.2) is 0 Å². The quantitative estimate of drug-likeness (QED) is 0.613. The van der Waals surface area contributed by atoms with Crippen LogP contribution in [-0.2, 0) is 0 Å². The molecule has 25 heavy (non-hydrogen) atoms. The minimum absolute atomic E-state index is 0.0656. The first-order valence-electron chi connectivity index (χ1n) is 8.01. The fraction of sp³-hybridized carbons (Fsp3) is 0.100. The molecule has 4 rings (SSSR count). The number of aromatic nitrogens is 2. The molecule has 2 aromatic heterocycles. The van der Waals surface area contributed by atoms with Crippen molar-refractivity contribution >= 4 is 27.8 Å². The Labute approximate surface area is 144 Å². The topological polar surface area (TPSA) is 58.1 Å². The van der Waals surface area contributed by atoms with Crippen LogP contribution in [0.3, 0.4) is 0 Å². The Morgan fingerprint density at radius 2 is 1.64 bits per heavy atom. The van der Waals surface area contributed by atoms with E-state index in [2.05, 4.69) is 4.98 Å². The smallest absolute Gasteiger partial charge is 0.255 e. The molecule has 0 bridgehead atoms. The molecule has 4 aromatic rings. The fourth-order valence-corrected chi connectivity index (χ4v) is 3.12. The van der Waals surface area contributed by atoms with Gasteiger partial charge >= 0.3 is 0 Å². The van der Waals surface area contributed by atoms with Crippen LogP contribution in [0.4, 0.5) is 0 Å². The van der Waals surface area contributed by atoms with Crippen molar-refractivity contribution in [2.24, 2.45) is 0 Å². The maximum absolute atomic E-state index is 12.6. The van der Waals surface area contributed by atoms with Crippen molar-refractivity contribution in [3.05, 3.63) is 76.6 Å². The van der Waals surface area contributed by atoms with Gasteiger partial charge < -0.3 is 9.88 Å². The molecule has 1 amide bonds. The summed E-state index contributed by atoms with van der Waals surface area (Å²) in [5.41, 5.74) is 3.94. The molecule has 1 N–H and O–H groups in total. The lowest BCUT2D eigenvalue weighted by Gasteiger charge is -2.12. The highest BCUT2D eigenvalue weighted by Gasteiger charge is 2.13. The molecule has 0 aliphatic rings. The number of aromatic amines is 1. The zero-order valence-corrected chi connectivity index (χ0v) is 14.0. The van der Waals surface area contributed by atoms with Crippen LogP contribution >= 0.6 is 0 Å². The minimum atomic E-state index is -0.107. The van der Waals surface area contributed by atoms with E-state index < -0.39 is 0 Å². The Balaban J connectivity index is 1.96. The van der Waals surface area contributed by atoms with E-state index in [1.54, 1.807) is 55.1 Å². The van der Waals surface area contributed by atoms with Crippen LogP contribution in [0.25, 0.3) is 27.6 Å². The van der Waals surface area contributed by atoms with Gasteiger partial charge in [0, 0.05) is 42.3 Å². The van der Waals surface area contributed by atoms with E-state index in [9.17, 15) is 9.59 Å². The number of carbonyl (C=O) groups is 1. The van der Waals surface area contributed by atoms with Gasteiger partial charge in [-0.3, -0.25) is 14.2 Å². The SMILES string of the molecule is CN(C)C(=O)c1ccc(-n2c(=O)ccc3[nH]c4ccccc4c32)cc1. The van der Waals surface area contributed by atoms with Crippen molar-refractivity contribution in [3.63, 3.8) is 0 Å². The normalized spacial score (nSPS) is 11.1. The van der Waals surface area contributed by atoms with Crippen LogP contribution in [0, 0.1) is 0 Å². The average molecular weight is 331 g/mol. The molecule has 2 aromatic carbocycles. The van der Waals surface area contributed by atoms with E-state index in [1.807, 2.05) is 24.3 Å². The van der Waals surface area contributed by atoms with E-state index in [0.29, 0.717) is 5.56 Å². The van der Waals surface area contributed by atoms with Crippen molar-refractivity contribution in [1.82, 2.24) is 14.5 Å². The molecule has 0 radical (unpaired) electrons. The number of pyridine rings is 1. The number of nitrogens with zero attached hydrogens (tertiary/aromatic N) is 2. The number of nitrogens with one attached hydrogen (secondary N) is 1. The maximum atomic E-state index is 12.6. The molecule has 2 heterocycles. The van der Waals surface area contributed by atoms with Crippen LogP contribution in [0.1, 0.15) is 10.4 Å². The first kappa shape index (κ1) is 15.2. The molecule has 0 saturated carbocycles. The van der Waals surface area contributed by atoms with Gasteiger partial charge in [0.25, 0.3) is 11.5 Å². The average Bonchev–Trinajstić information content (AvgIpc) is 3.00. The maximum Gasteiger partial charge on any atom is 0.255 e. The largest absolute Gasteiger partial charge is 0.353 e. The number of rotatable bonds is 2. The Bertz CT molecular complexity index is 1150. The Kier molecular flexibility index (Phi) is 3.42. The van der Waals surface area contributed by atoms with Gasteiger partial charge in [-0.25, -0.2) is 0 Å². The Morgan fingerprint density at radius 3 is 2.36 bits per heavy atom. The molecular formula is C20H17N3O2. The van der Waals surface area contributed by atoms with E-state index in [4.69, 9.17) is 0 Å². The summed E-state index contributed by atoms with van der Waals surface area (Å²) in [6, 6.07) is 18.4. The van der Waals surface area contributed by atoms with Gasteiger partial charge in [0.2, 0.25) is 0 Å². The van der Waals surface area contributed by atoms with Crippen LogP contribution in [-0.4, -0.2) is 34.5 Å². The Hall–Kier alpha value is -3.34. The number of hydrogen-bond acceptors (Lipinski definition) is 2. The fourth-order valence-electron chi connectivity index (χ4n) is 3.12. The molecule has 0 saturated heterocycles. The highest BCUT2D eigenvalue weighted by molar-refractivity contribution is 6.05. The van der Waals surface area contributed by atoms with Gasteiger partial charge in [-0.2, -0.15) is 0 Å². The standard InChI is InChI=1S/C20H17N3O2/c1-22(2)20(25)13-7-9-14(10-8-13)23-18(24)12-11-17-19(23)15-5-3-4-6-16(15)21-17/h3-12,21H,1-2H3. The number of benzene rings is 2. The second-order valence-corrected chi connectivity index (χ2v) is 6.19. The lowest BCUT2D eigenvalue weighted by Crippen LogP contribution is -2.22. The molecular weight excluding hydrogens is 314 g/mol. The third-order valence-electron chi connectivity index (χ3n) is 4.32. The van der Waals surface area contributed by atoms with Gasteiger partial charge in [0.05, 0.1) is 11.0 Å². The predicted molar refractivity (Wildman–Crippen MR) is 99.4 cm³/mol. The molecule has 0 aliphatic carbocycles. The van der Waals surface area contributed by atoms with Gasteiger partial charge in [-0.05, 0) is 36.4 Å². The van der Waals surface area contributed by atoms with Crippen LogP contribution < -0.4 is 5.56 Å². The molecule has 124 valence electrons. The molecule has 5 nitrogen and oxygen atoms in total. The van der Waals surface area contributed by atoms with Crippen molar-refractivity contribution in [2.45, 2.75) is 0 Å². The van der Waals surface area contributed by atoms with Gasteiger partial charge in [-0.15, -0.1) is 0 Å². The molecule has 0 atom stereocenters. The zero-order chi connectivity index (χ0) is 17.6. The van der Waals surface area contributed by atoms with Crippen molar-refractivity contribution in [1.29, 1.82) is 0 Å². The van der Waals surface area contributed by atoms with Crippen molar-refractivity contribution in [2.75, 3.05) is 14.1 Å². The summed E-state index contributed by atoms with van der Waals surface area (Å²) in [4.78, 5) is 29.5. The molecule has 5 heteroatoms. The first-order valence-corrected chi connectivity index (χ1v) is 8.01. The second kappa shape index (κ2) is 5.63. The number of carbonyl (C=O) groups excluding carboxylic acids is 1. The van der Waals surface area contributed by atoms with Crippen molar-refractivity contribution < 1.29 is 4.79 Å². The molecule has 0 spiro atoms. The summed E-state index contributed by atoms with van der Waals surface area (Å²) in [6.07, 6.45) is 0. The summed E-state index contributed by atoms with van der Waals surface area (Å²) in [5, 5.41) is 0.989. The van der Waals surface area contributed by atoms with E-state index >= 15 is 0 Å². The lowest BCUT2D eigenvalue weighted by atomic mass is 10.1. The lowest BCUT2D eigenvalue weighted by molar-refractivity contribution is 0.0827. The third kappa shape index (κ3) is 2.41. The van der Waals surface area contributed by atoms with E-state index in [0.717, 1.165) is 27.6 Å². The van der Waals surface area contributed by atoms with Crippen molar-refractivity contribution in [3.8, 4) is 5.69 Å². The van der Waals surface area contributed by atoms with Crippen LogP contribution in [0.2, 0.25) is 0 Å². The van der Waals surface area contributed by atoms with E-state index in [-0.39, 0.29) is 11.5 Å². The summed E-state index contributed by atoms with van der Waals surface area (Å²) < 4.78 is 1.68. The van der Waals surface area contributed by atoms with Crippen LogP contribution in [0.15, 0.2) is 65.5 Å². The van der Waals surface area contributed by atoms with Crippen LogP contribution in [0.5, 0.6) is 0 Å². The minimum Gasteiger partial charge on any atom is -0.353 e. The number of para-hydroxylation sites is 1. The van der Waals surface area contributed by atoms with Gasteiger partial charge in [-0.1, -0.05) is 18.2 Å². The molecule has 0 fully saturated rings. The molecule has 0 aliphatic heterocycles. The summed E-state index contributed by atoms with van der Waals surface area (Å²) in [7, 11) is 3.43.